The van der Waals surface area contributed by atoms with Crippen molar-refractivity contribution in [2.24, 2.45) is 0 Å². The zero-order chi connectivity index (χ0) is 16.7. The number of aliphatic hydroxyl groups excluding tert-OH is 1. The number of piperazine rings is 1. The van der Waals surface area contributed by atoms with E-state index in [0.717, 1.165) is 26.2 Å². The van der Waals surface area contributed by atoms with Crippen molar-refractivity contribution in [2.75, 3.05) is 45.9 Å². The molecule has 1 N–H and O–H groups in total. The zero-order valence-electron chi connectivity index (χ0n) is 13.1. The number of aromatic nitrogens is 2. The van der Waals surface area contributed by atoms with Crippen LogP contribution in [0.3, 0.4) is 0 Å². The molecule has 10 nitrogen and oxygen atoms in total. The molecule has 24 heavy (non-hydrogen) atoms. The first kappa shape index (κ1) is 21.3. The molecule has 1 unspecified atom stereocenters. The van der Waals surface area contributed by atoms with Crippen LogP contribution < -0.4 is 4.74 Å². The van der Waals surface area contributed by atoms with Crippen LogP contribution in [-0.4, -0.2) is 76.5 Å². The molecule has 1 radical (unpaired) electrons. The Balaban J connectivity index is 0.000000238. The third-order valence-electron chi connectivity index (χ3n) is 3.36. The van der Waals surface area contributed by atoms with Crippen molar-refractivity contribution in [3.8, 4) is 6.01 Å². The third-order valence-corrected chi connectivity index (χ3v) is 3.36. The number of nitrogens with zero attached hydrogens (tertiary/aromatic N) is 5. The van der Waals surface area contributed by atoms with Crippen molar-refractivity contribution in [2.45, 2.75) is 12.6 Å². The summed E-state index contributed by atoms with van der Waals surface area (Å²) >= 11 is 0. The number of rotatable bonds is 4. The topological polar surface area (TPSA) is 117 Å². The molecule has 0 spiro atoms. The van der Waals surface area contributed by atoms with Gasteiger partial charge in [-0.2, -0.15) is 4.94 Å². The molecule has 1 saturated heterocycles. The normalized spacial score (nSPS) is 20.0. The largest absolute Gasteiger partial charge is 0.660 e. The van der Waals surface area contributed by atoms with Crippen LogP contribution in [0, 0.1) is 10.1 Å². The Hall–Kier alpha value is -0.716. The van der Waals surface area contributed by atoms with Crippen molar-refractivity contribution in [1.82, 2.24) is 14.5 Å². The van der Waals surface area contributed by atoms with Gasteiger partial charge in [0.1, 0.15) is 25.5 Å². The maximum atomic E-state index is 11.2. The van der Waals surface area contributed by atoms with E-state index >= 15 is 0 Å². The minimum atomic E-state index is -0.624. The summed E-state index contributed by atoms with van der Waals surface area (Å²) in [6.07, 6.45) is 0.624. The SMILES string of the molecule is FOCCN1CC[N-]CC1.O=[N+]([O-])c1cn2c(n1)OCC(O)C2.[Y]. The summed E-state index contributed by atoms with van der Waals surface area (Å²) in [6.45, 7) is 4.95. The van der Waals surface area contributed by atoms with E-state index < -0.39 is 11.0 Å². The Morgan fingerprint density at radius 3 is 2.88 bits per heavy atom. The summed E-state index contributed by atoms with van der Waals surface area (Å²) in [5.41, 5.74) is 0. The number of fused-ring (bicyclic) bond motifs is 1. The predicted molar refractivity (Wildman–Crippen MR) is 77.0 cm³/mol. The average molecular weight is 421 g/mol. The van der Waals surface area contributed by atoms with Gasteiger partial charge >= 0.3 is 11.8 Å². The van der Waals surface area contributed by atoms with Crippen LogP contribution >= 0.6 is 0 Å². The second kappa shape index (κ2) is 11.0. The molecule has 0 saturated carbocycles. The number of imidazole rings is 1. The van der Waals surface area contributed by atoms with Crippen LogP contribution in [0.2, 0.25) is 0 Å². The minimum absolute atomic E-state index is 0. The first-order chi connectivity index (χ1) is 11.1. The molecule has 2 aliphatic heterocycles. The van der Waals surface area contributed by atoms with Crippen LogP contribution in [0.25, 0.3) is 5.32 Å². The van der Waals surface area contributed by atoms with Crippen LogP contribution in [0.5, 0.6) is 6.01 Å². The standard InChI is InChI=1S/C6H12FN2O.C6H7N3O4.Y/c7-10-6-5-9-3-1-8-2-4-9;10-4-1-8-2-5(9(11)12)7-6(8)13-3-4;/h1-6H2;2,4,10H,1,3H2;/q-1;;. The molecular formula is C12H19FN5O5Y-. The summed E-state index contributed by atoms with van der Waals surface area (Å²) in [4.78, 5) is 18.9. The van der Waals surface area contributed by atoms with Crippen molar-refractivity contribution < 1.29 is 56.9 Å². The molecule has 0 amide bonds. The summed E-state index contributed by atoms with van der Waals surface area (Å²) in [6, 6.07) is 0.192. The molecule has 133 valence electrons. The summed E-state index contributed by atoms with van der Waals surface area (Å²) in [5.74, 6) is -0.260. The van der Waals surface area contributed by atoms with E-state index in [0.29, 0.717) is 6.54 Å². The van der Waals surface area contributed by atoms with Gasteiger partial charge in [0, 0.05) is 44.2 Å². The van der Waals surface area contributed by atoms with Crippen LogP contribution in [0.15, 0.2) is 6.20 Å². The molecule has 0 aliphatic carbocycles. The molecule has 0 bridgehead atoms. The number of ether oxygens (including phenoxy) is 1. The fraction of sp³-hybridized carbons (Fsp3) is 0.750. The number of hydrogen-bond donors (Lipinski definition) is 1. The van der Waals surface area contributed by atoms with E-state index in [1.807, 2.05) is 0 Å². The van der Waals surface area contributed by atoms with Gasteiger partial charge < -0.3 is 30.2 Å². The molecule has 1 aromatic heterocycles. The molecule has 0 aromatic carbocycles. The van der Waals surface area contributed by atoms with Gasteiger partial charge in [-0.25, -0.2) is 0 Å². The Morgan fingerprint density at radius 2 is 2.25 bits per heavy atom. The summed E-state index contributed by atoms with van der Waals surface area (Å²) < 4.78 is 17.6. The maximum absolute atomic E-state index is 11.2. The van der Waals surface area contributed by atoms with Crippen LogP contribution in [-0.2, 0) is 44.2 Å². The van der Waals surface area contributed by atoms with Crippen molar-refractivity contribution in [3.63, 3.8) is 0 Å². The molecule has 2 aliphatic rings. The fourth-order valence-electron chi connectivity index (χ4n) is 2.21. The Labute approximate surface area is 163 Å². The van der Waals surface area contributed by atoms with Crippen LogP contribution in [0.1, 0.15) is 0 Å². The van der Waals surface area contributed by atoms with Crippen LogP contribution in [0.4, 0.5) is 10.3 Å². The molecule has 12 heteroatoms. The molecule has 1 fully saturated rings. The first-order valence-electron chi connectivity index (χ1n) is 7.21. The number of aliphatic hydroxyl groups is 1. The minimum Gasteiger partial charge on any atom is -0.660 e. The second-order valence-electron chi connectivity index (χ2n) is 5.08. The average Bonchev–Trinajstić information content (AvgIpc) is 2.98. The molecular weight excluding hydrogens is 402 g/mol. The second-order valence-corrected chi connectivity index (χ2v) is 5.08. The van der Waals surface area contributed by atoms with Crippen molar-refractivity contribution >= 4 is 5.82 Å². The van der Waals surface area contributed by atoms with E-state index in [1.165, 1.54) is 10.8 Å². The quantitative estimate of drug-likeness (QED) is 0.542. The van der Waals surface area contributed by atoms with Gasteiger partial charge in [0.25, 0.3) is 0 Å². The Bertz CT molecular complexity index is 514. The third kappa shape index (κ3) is 6.65. The van der Waals surface area contributed by atoms with Gasteiger partial charge in [-0.3, -0.25) is 4.57 Å². The summed E-state index contributed by atoms with van der Waals surface area (Å²) in [5, 5.41) is 23.6. The van der Waals surface area contributed by atoms with Gasteiger partial charge in [0.15, 0.2) is 0 Å². The Kier molecular flexibility index (Phi) is 9.78. The molecule has 3 heterocycles. The predicted octanol–water partition coefficient (Wildman–Crippen LogP) is 0.119. The Morgan fingerprint density at radius 1 is 1.54 bits per heavy atom. The number of hydrogen-bond acceptors (Lipinski definition) is 7. The number of nitro groups is 1. The smallest absolute Gasteiger partial charge is 0.414 e. The summed E-state index contributed by atoms with van der Waals surface area (Å²) in [7, 11) is 0. The van der Waals surface area contributed by atoms with Crippen molar-refractivity contribution in [1.29, 1.82) is 0 Å². The monoisotopic (exact) mass is 421 g/mol. The molecule has 1 atom stereocenters. The molecule has 3 rings (SSSR count). The van der Waals surface area contributed by atoms with E-state index in [9.17, 15) is 14.6 Å². The first-order valence-corrected chi connectivity index (χ1v) is 7.21. The van der Waals surface area contributed by atoms with E-state index in [4.69, 9.17) is 9.84 Å². The fourth-order valence-corrected chi connectivity index (χ4v) is 2.21. The maximum Gasteiger partial charge on any atom is 0.414 e. The zero-order valence-corrected chi connectivity index (χ0v) is 15.9. The van der Waals surface area contributed by atoms with E-state index in [1.54, 1.807) is 0 Å². The van der Waals surface area contributed by atoms with Gasteiger partial charge in [0.05, 0.1) is 6.54 Å². The number of halogens is 1. The van der Waals surface area contributed by atoms with E-state index in [2.05, 4.69) is 20.1 Å². The van der Waals surface area contributed by atoms with Gasteiger partial charge in [-0.1, -0.05) is 0 Å². The van der Waals surface area contributed by atoms with Gasteiger partial charge in [-0.05, 0) is 22.5 Å². The van der Waals surface area contributed by atoms with Gasteiger partial charge in [-0.15, -0.1) is 13.1 Å². The van der Waals surface area contributed by atoms with Crippen molar-refractivity contribution in [3.05, 3.63) is 21.6 Å². The van der Waals surface area contributed by atoms with E-state index in [-0.39, 0.29) is 64.3 Å². The van der Waals surface area contributed by atoms with Gasteiger partial charge in [0.2, 0.25) is 0 Å². The molecule has 1 aromatic rings.